The number of piperidine rings is 1. The van der Waals surface area contributed by atoms with Gasteiger partial charge in [-0.15, -0.1) is 0 Å². The maximum absolute atomic E-state index is 12.7. The Bertz CT molecular complexity index is 873. The van der Waals surface area contributed by atoms with Gasteiger partial charge in [-0.1, -0.05) is 54.6 Å². The van der Waals surface area contributed by atoms with Crippen LogP contribution in [0.5, 0.6) is 0 Å². The van der Waals surface area contributed by atoms with Crippen molar-refractivity contribution in [2.45, 2.75) is 32.1 Å². The Morgan fingerprint density at radius 2 is 1.67 bits per heavy atom. The molecular formula is C21H26N2O3S. The fraction of sp³-hybridized carbons (Fsp3) is 0.381. The molecule has 1 saturated heterocycles. The van der Waals surface area contributed by atoms with Crippen LogP contribution in [0.15, 0.2) is 54.6 Å². The van der Waals surface area contributed by atoms with Crippen molar-refractivity contribution in [2.24, 2.45) is 5.92 Å². The highest BCUT2D eigenvalue weighted by molar-refractivity contribution is 7.88. The van der Waals surface area contributed by atoms with E-state index in [4.69, 9.17) is 0 Å². The summed E-state index contributed by atoms with van der Waals surface area (Å²) in [5.74, 6) is -0.0988. The van der Waals surface area contributed by atoms with Gasteiger partial charge in [-0.2, -0.15) is 0 Å². The van der Waals surface area contributed by atoms with Gasteiger partial charge in [0, 0.05) is 25.6 Å². The SMILES string of the molecule is Cc1ccccc1CS(=O)(=O)N1CCC(C(=O)NCc2ccccc2)CC1. The van der Waals surface area contributed by atoms with Crippen molar-refractivity contribution in [3.05, 3.63) is 71.3 Å². The first kappa shape index (κ1) is 19.6. The zero-order valence-electron chi connectivity index (χ0n) is 15.6. The summed E-state index contributed by atoms with van der Waals surface area (Å²) in [5.41, 5.74) is 2.88. The molecule has 0 unspecified atom stereocenters. The van der Waals surface area contributed by atoms with Gasteiger partial charge in [0.2, 0.25) is 15.9 Å². The number of hydrogen-bond acceptors (Lipinski definition) is 3. The van der Waals surface area contributed by atoms with Gasteiger partial charge in [-0.05, 0) is 36.5 Å². The molecular weight excluding hydrogens is 360 g/mol. The maximum atomic E-state index is 12.7. The molecule has 2 aromatic carbocycles. The molecule has 1 heterocycles. The zero-order chi connectivity index (χ0) is 19.3. The van der Waals surface area contributed by atoms with Gasteiger partial charge in [-0.25, -0.2) is 12.7 Å². The van der Waals surface area contributed by atoms with Crippen molar-refractivity contribution < 1.29 is 13.2 Å². The van der Waals surface area contributed by atoms with E-state index in [-0.39, 0.29) is 17.6 Å². The molecule has 6 heteroatoms. The highest BCUT2D eigenvalue weighted by atomic mass is 32.2. The third-order valence-corrected chi connectivity index (χ3v) is 6.95. The monoisotopic (exact) mass is 386 g/mol. The van der Waals surface area contributed by atoms with Gasteiger partial charge < -0.3 is 5.32 Å². The van der Waals surface area contributed by atoms with Crippen LogP contribution in [0.4, 0.5) is 0 Å². The van der Waals surface area contributed by atoms with E-state index in [1.165, 1.54) is 4.31 Å². The minimum absolute atomic E-state index is 0.00908. The molecule has 0 bridgehead atoms. The molecule has 0 saturated carbocycles. The number of nitrogens with one attached hydrogen (secondary N) is 1. The van der Waals surface area contributed by atoms with E-state index >= 15 is 0 Å². The van der Waals surface area contributed by atoms with E-state index in [1.807, 2.05) is 61.5 Å². The summed E-state index contributed by atoms with van der Waals surface area (Å²) in [6.07, 6.45) is 1.13. The van der Waals surface area contributed by atoms with Crippen LogP contribution in [-0.4, -0.2) is 31.7 Å². The van der Waals surface area contributed by atoms with Crippen LogP contribution in [-0.2, 0) is 27.1 Å². The van der Waals surface area contributed by atoms with E-state index in [0.717, 1.165) is 16.7 Å². The molecule has 0 spiro atoms. The Labute approximate surface area is 161 Å². The lowest BCUT2D eigenvalue weighted by molar-refractivity contribution is -0.126. The molecule has 1 fully saturated rings. The lowest BCUT2D eigenvalue weighted by Gasteiger charge is -2.30. The quantitative estimate of drug-likeness (QED) is 0.830. The molecule has 0 aromatic heterocycles. The number of aryl methyl sites for hydroxylation is 1. The van der Waals surface area contributed by atoms with E-state index in [9.17, 15) is 13.2 Å². The largest absolute Gasteiger partial charge is 0.352 e. The average Bonchev–Trinajstić information content (AvgIpc) is 2.69. The Kier molecular flexibility index (Phi) is 6.29. The summed E-state index contributed by atoms with van der Waals surface area (Å²) in [4.78, 5) is 12.4. The lowest BCUT2D eigenvalue weighted by atomic mass is 9.97. The first-order valence-corrected chi connectivity index (χ1v) is 10.9. The maximum Gasteiger partial charge on any atom is 0.223 e. The Morgan fingerprint density at radius 3 is 2.33 bits per heavy atom. The second kappa shape index (κ2) is 8.67. The van der Waals surface area contributed by atoms with Gasteiger partial charge in [0.25, 0.3) is 0 Å². The van der Waals surface area contributed by atoms with E-state index < -0.39 is 10.0 Å². The molecule has 0 aliphatic carbocycles. The Hall–Kier alpha value is -2.18. The van der Waals surface area contributed by atoms with Crippen LogP contribution in [0, 0.1) is 12.8 Å². The molecule has 1 amide bonds. The van der Waals surface area contributed by atoms with Crippen LogP contribution in [0.25, 0.3) is 0 Å². The van der Waals surface area contributed by atoms with Crippen LogP contribution in [0.3, 0.4) is 0 Å². The second-order valence-electron chi connectivity index (χ2n) is 7.06. The molecule has 27 heavy (non-hydrogen) atoms. The van der Waals surface area contributed by atoms with Crippen LogP contribution in [0.1, 0.15) is 29.5 Å². The Balaban J connectivity index is 1.52. The number of hydrogen-bond donors (Lipinski definition) is 1. The predicted molar refractivity (Wildman–Crippen MR) is 106 cm³/mol. The number of amides is 1. The number of nitrogens with zero attached hydrogens (tertiary/aromatic N) is 1. The number of carbonyl (C=O) groups is 1. The number of carbonyl (C=O) groups excluding carboxylic acids is 1. The Morgan fingerprint density at radius 1 is 1.04 bits per heavy atom. The van der Waals surface area contributed by atoms with Crippen molar-refractivity contribution in [3.8, 4) is 0 Å². The zero-order valence-corrected chi connectivity index (χ0v) is 16.4. The fourth-order valence-electron chi connectivity index (χ4n) is 3.39. The van der Waals surface area contributed by atoms with Crippen molar-refractivity contribution in [1.82, 2.24) is 9.62 Å². The number of benzene rings is 2. The first-order valence-electron chi connectivity index (χ1n) is 9.30. The molecule has 1 N–H and O–H groups in total. The van der Waals surface area contributed by atoms with Crippen molar-refractivity contribution in [3.63, 3.8) is 0 Å². The van der Waals surface area contributed by atoms with Gasteiger partial charge in [-0.3, -0.25) is 4.79 Å². The molecule has 1 aliphatic heterocycles. The van der Waals surface area contributed by atoms with Gasteiger partial charge >= 0.3 is 0 Å². The average molecular weight is 387 g/mol. The van der Waals surface area contributed by atoms with Crippen molar-refractivity contribution >= 4 is 15.9 Å². The van der Waals surface area contributed by atoms with Crippen LogP contribution < -0.4 is 5.32 Å². The molecule has 3 rings (SSSR count). The molecule has 0 atom stereocenters. The molecule has 1 aliphatic rings. The molecule has 144 valence electrons. The summed E-state index contributed by atoms with van der Waals surface area (Å²) in [6.45, 7) is 3.23. The number of sulfonamides is 1. The third-order valence-electron chi connectivity index (χ3n) is 5.13. The van der Waals surface area contributed by atoms with E-state index in [1.54, 1.807) is 0 Å². The van der Waals surface area contributed by atoms with Crippen molar-refractivity contribution in [2.75, 3.05) is 13.1 Å². The normalized spacial score (nSPS) is 16.2. The summed E-state index contributed by atoms with van der Waals surface area (Å²) >= 11 is 0. The van der Waals surface area contributed by atoms with Gasteiger partial charge in [0.1, 0.15) is 0 Å². The molecule has 2 aromatic rings. The highest BCUT2D eigenvalue weighted by Crippen LogP contribution is 2.22. The highest BCUT2D eigenvalue weighted by Gasteiger charge is 2.31. The minimum Gasteiger partial charge on any atom is -0.352 e. The van der Waals surface area contributed by atoms with Crippen LogP contribution >= 0.6 is 0 Å². The lowest BCUT2D eigenvalue weighted by Crippen LogP contribution is -2.43. The fourth-order valence-corrected chi connectivity index (χ4v) is 5.05. The molecule has 0 radical (unpaired) electrons. The summed E-state index contributed by atoms with van der Waals surface area (Å²) < 4.78 is 27.0. The standard InChI is InChI=1S/C21H26N2O3S/c1-17-7-5-6-10-20(17)16-27(25,26)23-13-11-19(12-14-23)21(24)22-15-18-8-3-2-4-9-18/h2-10,19H,11-16H2,1H3,(H,22,24). The van der Waals surface area contributed by atoms with Gasteiger partial charge in [0.15, 0.2) is 0 Å². The second-order valence-corrected chi connectivity index (χ2v) is 9.03. The summed E-state index contributed by atoms with van der Waals surface area (Å²) in [6, 6.07) is 17.3. The van der Waals surface area contributed by atoms with Crippen LogP contribution in [0.2, 0.25) is 0 Å². The smallest absolute Gasteiger partial charge is 0.223 e. The first-order chi connectivity index (χ1) is 13.0. The topological polar surface area (TPSA) is 66.5 Å². The minimum atomic E-state index is -3.36. The van der Waals surface area contributed by atoms with Crippen molar-refractivity contribution in [1.29, 1.82) is 0 Å². The predicted octanol–water partition coefficient (Wildman–Crippen LogP) is 2.85. The van der Waals surface area contributed by atoms with E-state index in [0.29, 0.717) is 32.5 Å². The molecule has 5 nitrogen and oxygen atoms in total. The number of rotatable bonds is 6. The van der Waals surface area contributed by atoms with Gasteiger partial charge in [0.05, 0.1) is 5.75 Å². The summed E-state index contributed by atoms with van der Waals surface area (Å²) in [7, 11) is -3.36. The third kappa shape index (κ3) is 5.17. The van der Waals surface area contributed by atoms with E-state index in [2.05, 4.69) is 5.32 Å². The summed E-state index contributed by atoms with van der Waals surface area (Å²) in [5, 5.41) is 2.96.